The molecule has 2 aliphatic heterocycles. The highest BCUT2D eigenvalue weighted by atomic mass is 16.5. The Morgan fingerprint density at radius 3 is 2.85 bits per heavy atom. The van der Waals surface area contributed by atoms with Crippen LogP contribution in [0.3, 0.4) is 0 Å². The molecule has 2 fully saturated rings. The second-order valence-electron chi connectivity index (χ2n) is 7.98. The number of benzene rings is 1. The van der Waals surface area contributed by atoms with Crippen LogP contribution in [0.4, 0.5) is 0 Å². The number of hydrogen-bond acceptors (Lipinski definition) is 4. The van der Waals surface area contributed by atoms with E-state index in [0.29, 0.717) is 5.92 Å². The summed E-state index contributed by atoms with van der Waals surface area (Å²) >= 11 is 0. The normalized spacial score (nSPS) is 23.3. The maximum absolute atomic E-state index is 12.2. The maximum atomic E-state index is 12.2. The number of carbonyl (C=O) groups excluding carboxylic acids is 1. The van der Waals surface area contributed by atoms with E-state index >= 15 is 0 Å². The number of piperidine rings is 1. The average molecular weight is 374 g/mol. The van der Waals surface area contributed by atoms with Gasteiger partial charge in [0, 0.05) is 19.6 Å². The van der Waals surface area contributed by atoms with Crippen LogP contribution in [-0.4, -0.2) is 49.6 Å². The first-order valence-electron chi connectivity index (χ1n) is 10.7. The molecule has 5 nitrogen and oxygen atoms in total. The number of nitrogens with zero attached hydrogens (tertiary/aromatic N) is 1. The highest BCUT2D eigenvalue weighted by molar-refractivity contribution is 5.81. The number of nitrogens with one attached hydrogen (secondary N) is 2. The van der Waals surface area contributed by atoms with Crippen LogP contribution in [0.25, 0.3) is 0 Å². The van der Waals surface area contributed by atoms with Gasteiger partial charge in [-0.1, -0.05) is 25.5 Å². The molecule has 0 spiro atoms. The van der Waals surface area contributed by atoms with E-state index in [0.717, 1.165) is 70.8 Å². The van der Waals surface area contributed by atoms with E-state index in [9.17, 15) is 4.79 Å². The Labute approximate surface area is 163 Å². The van der Waals surface area contributed by atoms with Gasteiger partial charge in [-0.15, -0.1) is 0 Å². The van der Waals surface area contributed by atoms with E-state index < -0.39 is 0 Å². The minimum atomic E-state index is 0.0303. The molecule has 2 aliphatic rings. The van der Waals surface area contributed by atoms with Crippen LogP contribution in [0.15, 0.2) is 24.3 Å². The van der Waals surface area contributed by atoms with Crippen LogP contribution in [0.5, 0.6) is 5.75 Å². The Balaban J connectivity index is 1.40. The Morgan fingerprint density at radius 1 is 1.26 bits per heavy atom. The molecule has 3 rings (SSSR count). The van der Waals surface area contributed by atoms with E-state index in [1.54, 1.807) is 0 Å². The molecule has 1 amide bonds. The summed E-state index contributed by atoms with van der Waals surface area (Å²) < 4.78 is 5.75. The zero-order chi connectivity index (χ0) is 18.9. The lowest BCUT2D eigenvalue weighted by Gasteiger charge is -2.33. The number of rotatable bonds is 9. The molecule has 2 atom stereocenters. The zero-order valence-corrected chi connectivity index (χ0v) is 16.7. The topological polar surface area (TPSA) is 53.6 Å². The van der Waals surface area contributed by atoms with E-state index in [1.165, 1.54) is 18.4 Å². The van der Waals surface area contributed by atoms with Crippen molar-refractivity contribution in [3.05, 3.63) is 29.8 Å². The standard InChI is InChI=1S/C22H35N3O2/c1-2-3-14-27-20-10-8-18(9-11-20)16-25-13-5-6-19(17-25)15-24-22(26)21-7-4-12-23-21/h8-11,19,21,23H,2-7,12-17H2,1H3,(H,24,26). The van der Waals surface area contributed by atoms with Crippen molar-refractivity contribution < 1.29 is 9.53 Å². The number of amides is 1. The summed E-state index contributed by atoms with van der Waals surface area (Å²) in [4.78, 5) is 14.7. The molecule has 2 unspecified atom stereocenters. The molecule has 150 valence electrons. The van der Waals surface area contributed by atoms with Gasteiger partial charge < -0.3 is 15.4 Å². The summed E-state index contributed by atoms with van der Waals surface area (Å²) in [5.74, 6) is 1.70. The summed E-state index contributed by atoms with van der Waals surface area (Å²) in [6.07, 6.45) is 6.76. The van der Waals surface area contributed by atoms with Gasteiger partial charge in [0.05, 0.1) is 12.6 Å². The monoisotopic (exact) mass is 373 g/mol. The molecule has 1 aromatic rings. The number of ether oxygens (including phenoxy) is 1. The van der Waals surface area contributed by atoms with Gasteiger partial charge in [-0.05, 0) is 68.8 Å². The Morgan fingerprint density at radius 2 is 2.11 bits per heavy atom. The van der Waals surface area contributed by atoms with Crippen molar-refractivity contribution in [3.63, 3.8) is 0 Å². The quantitative estimate of drug-likeness (QED) is 0.654. The lowest BCUT2D eigenvalue weighted by atomic mass is 9.97. The molecule has 2 saturated heterocycles. The van der Waals surface area contributed by atoms with E-state index in [-0.39, 0.29) is 11.9 Å². The van der Waals surface area contributed by atoms with Gasteiger partial charge >= 0.3 is 0 Å². The predicted molar refractivity (Wildman–Crippen MR) is 109 cm³/mol. The van der Waals surface area contributed by atoms with E-state index in [4.69, 9.17) is 4.74 Å². The summed E-state index contributed by atoms with van der Waals surface area (Å²) in [5, 5.41) is 6.44. The van der Waals surface area contributed by atoms with Crippen LogP contribution >= 0.6 is 0 Å². The second-order valence-corrected chi connectivity index (χ2v) is 7.98. The summed E-state index contributed by atoms with van der Waals surface area (Å²) in [6.45, 7) is 7.93. The SMILES string of the molecule is CCCCOc1ccc(CN2CCCC(CNC(=O)C3CCCN3)C2)cc1. The largest absolute Gasteiger partial charge is 0.494 e. The summed E-state index contributed by atoms with van der Waals surface area (Å²) in [7, 11) is 0. The Kier molecular flexibility index (Phi) is 7.96. The van der Waals surface area contributed by atoms with Crippen molar-refractivity contribution >= 4 is 5.91 Å². The van der Waals surface area contributed by atoms with Crippen LogP contribution < -0.4 is 15.4 Å². The van der Waals surface area contributed by atoms with Crippen molar-refractivity contribution in [2.75, 3.05) is 32.8 Å². The van der Waals surface area contributed by atoms with Gasteiger partial charge in [-0.25, -0.2) is 0 Å². The molecule has 5 heteroatoms. The lowest BCUT2D eigenvalue weighted by molar-refractivity contribution is -0.123. The van der Waals surface area contributed by atoms with Crippen molar-refractivity contribution in [1.29, 1.82) is 0 Å². The van der Waals surface area contributed by atoms with Gasteiger partial charge in [0.25, 0.3) is 0 Å². The fourth-order valence-corrected chi connectivity index (χ4v) is 4.02. The zero-order valence-electron chi connectivity index (χ0n) is 16.7. The molecule has 2 heterocycles. The lowest BCUT2D eigenvalue weighted by Crippen LogP contribution is -2.45. The van der Waals surface area contributed by atoms with Crippen molar-refractivity contribution in [1.82, 2.24) is 15.5 Å². The molecule has 0 saturated carbocycles. The van der Waals surface area contributed by atoms with E-state index in [2.05, 4.69) is 46.7 Å². The van der Waals surface area contributed by atoms with E-state index in [1.807, 2.05) is 0 Å². The summed E-state index contributed by atoms with van der Waals surface area (Å²) in [6, 6.07) is 8.56. The maximum Gasteiger partial charge on any atom is 0.237 e. The highest BCUT2D eigenvalue weighted by Gasteiger charge is 2.24. The molecular weight excluding hydrogens is 338 g/mol. The second kappa shape index (κ2) is 10.7. The van der Waals surface area contributed by atoms with Crippen molar-refractivity contribution in [2.24, 2.45) is 5.92 Å². The van der Waals surface area contributed by atoms with Gasteiger partial charge in [-0.2, -0.15) is 0 Å². The van der Waals surface area contributed by atoms with Crippen LogP contribution in [-0.2, 0) is 11.3 Å². The number of carbonyl (C=O) groups is 1. The van der Waals surface area contributed by atoms with Gasteiger partial charge in [0.2, 0.25) is 5.91 Å². The number of unbranched alkanes of at least 4 members (excludes halogenated alkanes) is 1. The van der Waals surface area contributed by atoms with Gasteiger partial charge in [0.15, 0.2) is 0 Å². The first-order chi connectivity index (χ1) is 13.2. The first kappa shape index (κ1) is 20.2. The molecule has 27 heavy (non-hydrogen) atoms. The summed E-state index contributed by atoms with van der Waals surface area (Å²) in [5.41, 5.74) is 1.33. The fraction of sp³-hybridized carbons (Fsp3) is 0.682. The third-order valence-corrected chi connectivity index (χ3v) is 5.64. The predicted octanol–water partition coefficient (Wildman–Crippen LogP) is 2.95. The van der Waals surface area contributed by atoms with Gasteiger partial charge in [-0.3, -0.25) is 9.69 Å². The molecule has 1 aromatic carbocycles. The smallest absolute Gasteiger partial charge is 0.237 e. The third-order valence-electron chi connectivity index (χ3n) is 5.64. The highest BCUT2D eigenvalue weighted by Crippen LogP contribution is 2.20. The number of likely N-dealkylation sites (tertiary alicyclic amines) is 1. The van der Waals surface area contributed by atoms with Crippen LogP contribution in [0.2, 0.25) is 0 Å². The minimum Gasteiger partial charge on any atom is -0.494 e. The molecule has 0 radical (unpaired) electrons. The molecule has 2 N–H and O–H groups in total. The minimum absolute atomic E-state index is 0.0303. The van der Waals surface area contributed by atoms with Crippen LogP contribution in [0.1, 0.15) is 51.0 Å². The third kappa shape index (κ3) is 6.51. The Bertz CT molecular complexity index is 569. The van der Waals surface area contributed by atoms with Gasteiger partial charge in [0.1, 0.15) is 5.75 Å². The van der Waals surface area contributed by atoms with Crippen molar-refractivity contribution in [3.8, 4) is 5.75 Å². The molecule has 0 bridgehead atoms. The Hall–Kier alpha value is -1.59. The molecule has 0 aliphatic carbocycles. The van der Waals surface area contributed by atoms with Crippen LogP contribution in [0, 0.1) is 5.92 Å². The van der Waals surface area contributed by atoms with Crippen molar-refractivity contribution in [2.45, 2.75) is 58.0 Å². The first-order valence-corrected chi connectivity index (χ1v) is 10.7. The fourth-order valence-electron chi connectivity index (χ4n) is 4.02. The molecule has 0 aromatic heterocycles. The average Bonchev–Trinajstić information content (AvgIpc) is 3.23. The molecular formula is C22H35N3O2. The number of hydrogen-bond donors (Lipinski definition) is 2.